The molecular formula is C25H29BrN4O3S. The molecule has 7 nitrogen and oxygen atoms in total. The van der Waals surface area contributed by atoms with Gasteiger partial charge in [0.1, 0.15) is 5.75 Å². The standard InChI is InChI=1S/C25H29BrN4O3S/c1-16(21-8-9-22(26)34-21)23(31)29-10-11-30-20(15-29)17(14-28-30)13-27-24(32)25(2,3)18-6-5-7-19(12-18)33-4/h5-9,12,14,16H,10-11,13,15H2,1-4H3,(H,27,32). The Labute approximate surface area is 212 Å². The van der Waals surface area contributed by atoms with Crippen molar-refractivity contribution in [1.29, 1.82) is 0 Å². The maximum atomic E-state index is 13.2. The molecule has 180 valence electrons. The van der Waals surface area contributed by atoms with Crippen LogP contribution in [0.3, 0.4) is 0 Å². The second kappa shape index (κ2) is 9.92. The molecular weight excluding hydrogens is 516 g/mol. The van der Waals surface area contributed by atoms with E-state index in [9.17, 15) is 9.59 Å². The SMILES string of the molecule is COc1cccc(C(C)(C)C(=O)NCc2cnn3c2CN(C(=O)C(C)c2ccc(Br)s2)CC3)c1. The molecule has 0 bridgehead atoms. The molecule has 1 unspecified atom stereocenters. The Balaban J connectivity index is 1.43. The Kier molecular flexibility index (Phi) is 7.14. The summed E-state index contributed by atoms with van der Waals surface area (Å²) in [5.74, 6) is 0.549. The van der Waals surface area contributed by atoms with E-state index in [1.165, 1.54) is 0 Å². The topological polar surface area (TPSA) is 76.5 Å². The first kappa shape index (κ1) is 24.5. The highest BCUT2D eigenvalue weighted by molar-refractivity contribution is 9.11. The van der Waals surface area contributed by atoms with Gasteiger partial charge in [-0.15, -0.1) is 11.3 Å². The lowest BCUT2D eigenvalue weighted by Crippen LogP contribution is -2.42. The van der Waals surface area contributed by atoms with E-state index in [4.69, 9.17) is 4.74 Å². The summed E-state index contributed by atoms with van der Waals surface area (Å²) in [5, 5.41) is 7.55. The van der Waals surface area contributed by atoms with Gasteiger partial charge in [-0.1, -0.05) is 12.1 Å². The van der Waals surface area contributed by atoms with Crippen molar-refractivity contribution in [2.24, 2.45) is 0 Å². The minimum absolute atomic E-state index is 0.0821. The van der Waals surface area contributed by atoms with E-state index < -0.39 is 5.41 Å². The molecule has 0 saturated heterocycles. The molecule has 3 heterocycles. The average molecular weight is 546 g/mol. The number of nitrogens with zero attached hydrogens (tertiary/aromatic N) is 3. The maximum absolute atomic E-state index is 13.2. The van der Waals surface area contributed by atoms with Crippen LogP contribution in [0.15, 0.2) is 46.4 Å². The fourth-order valence-electron chi connectivity index (χ4n) is 4.13. The molecule has 0 aliphatic carbocycles. The highest BCUT2D eigenvalue weighted by Gasteiger charge is 2.31. The van der Waals surface area contributed by atoms with Crippen molar-refractivity contribution in [3.8, 4) is 5.75 Å². The number of fused-ring (bicyclic) bond motifs is 1. The highest BCUT2D eigenvalue weighted by atomic mass is 79.9. The van der Waals surface area contributed by atoms with Crippen molar-refractivity contribution < 1.29 is 14.3 Å². The quantitative estimate of drug-likeness (QED) is 0.476. The van der Waals surface area contributed by atoms with Crippen molar-refractivity contribution in [3.63, 3.8) is 0 Å². The van der Waals surface area contributed by atoms with E-state index in [0.29, 0.717) is 26.2 Å². The van der Waals surface area contributed by atoms with Crippen molar-refractivity contribution in [1.82, 2.24) is 20.0 Å². The first-order valence-electron chi connectivity index (χ1n) is 11.2. The zero-order valence-electron chi connectivity index (χ0n) is 19.8. The Morgan fingerprint density at radius 2 is 2.06 bits per heavy atom. The normalized spacial score (nSPS) is 14.4. The molecule has 2 aromatic heterocycles. The van der Waals surface area contributed by atoms with E-state index in [1.807, 2.05) is 66.8 Å². The lowest BCUT2D eigenvalue weighted by Gasteiger charge is -2.30. The van der Waals surface area contributed by atoms with Gasteiger partial charge in [-0.25, -0.2) is 0 Å². The number of thiophene rings is 1. The molecule has 1 aromatic carbocycles. The van der Waals surface area contributed by atoms with Gasteiger partial charge in [0, 0.05) is 23.5 Å². The van der Waals surface area contributed by atoms with Crippen molar-refractivity contribution in [2.45, 2.75) is 51.7 Å². The van der Waals surface area contributed by atoms with Crippen LogP contribution >= 0.6 is 27.3 Å². The smallest absolute Gasteiger partial charge is 0.231 e. The Hall–Kier alpha value is -2.65. The second-order valence-electron chi connectivity index (χ2n) is 9.00. The third-order valence-electron chi connectivity index (χ3n) is 6.46. The van der Waals surface area contributed by atoms with Crippen LogP contribution in [-0.2, 0) is 34.6 Å². The zero-order chi connectivity index (χ0) is 24.5. The van der Waals surface area contributed by atoms with Gasteiger partial charge in [0.2, 0.25) is 11.8 Å². The minimum Gasteiger partial charge on any atom is -0.497 e. The molecule has 0 fully saturated rings. The van der Waals surface area contributed by atoms with Gasteiger partial charge < -0.3 is 15.0 Å². The number of carbonyl (C=O) groups excluding carboxylic acids is 2. The van der Waals surface area contributed by atoms with Gasteiger partial charge in [-0.3, -0.25) is 14.3 Å². The molecule has 34 heavy (non-hydrogen) atoms. The molecule has 9 heteroatoms. The first-order valence-corrected chi connectivity index (χ1v) is 12.8. The van der Waals surface area contributed by atoms with Gasteiger partial charge in [0.25, 0.3) is 0 Å². The van der Waals surface area contributed by atoms with E-state index in [2.05, 4.69) is 26.3 Å². The Morgan fingerprint density at radius 1 is 1.26 bits per heavy atom. The van der Waals surface area contributed by atoms with Gasteiger partial charge in [0.05, 0.1) is 47.2 Å². The predicted molar refractivity (Wildman–Crippen MR) is 136 cm³/mol. The van der Waals surface area contributed by atoms with Gasteiger partial charge >= 0.3 is 0 Å². The number of aromatic nitrogens is 2. The Morgan fingerprint density at radius 3 is 2.76 bits per heavy atom. The lowest BCUT2D eigenvalue weighted by molar-refractivity contribution is -0.134. The monoisotopic (exact) mass is 544 g/mol. The average Bonchev–Trinajstić information content (AvgIpc) is 3.47. The van der Waals surface area contributed by atoms with Gasteiger partial charge in [0.15, 0.2) is 0 Å². The summed E-state index contributed by atoms with van der Waals surface area (Å²) in [5.41, 5.74) is 2.05. The molecule has 2 amide bonds. The van der Waals surface area contributed by atoms with Crippen LogP contribution in [0.5, 0.6) is 5.75 Å². The third kappa shape index (κ3) is 4.90. The van der Waals surface area contributed by atoms with Crippen LogP contribution in [0.25, 0.3) is 0 Å². The number of amides is 2. The number of carbonyl (C=O) groups is 2. The minimum atomic E-state index is -0.728. The lowest BCUT2D eigenvalue weighted by atomic mass is 9.83. The molecule has 1 N–H and O–H groups in total. The van der Waals surface area contributed by atoms with Gasteiger partial charge in [-0.2, -0.15) is 5.10 Å². The molecule has 1 atom stereocenters. The van der Waals surface area contributed by atoms with Crippen LogP contribution in [0.1, 0.15) is 48.4 Å². The molecule has 0 spiro atoms. The number of rotatable bonds is 7. The Bertz CT molecular complexity index is 1200. The van der Waals surface area contributed by atoms with E-state index in [-0.39, 0.29) is 17.7 Å². The highest BCUT2D eigenvalue weighted by Crippen LogP contribution is 2.31. The van der Waals surface area contributed by atoms with Crippen LogP contribution in [0, 0.1) is 0 Å². The number of hydrogen-bond acceptors (Lipinski definition) is 5. The van der Waals surface area contributed by atoms with Crippen LogP contribution in [-0.4, -0.2) is 40.1 Å². The molecule has 4 rings (SSSR count). The summed E-state index contributed by atoms with van der Waals surface area (Å²) in [6.45, 7) is 7.86. The van der Waals surface area contributed by atoms with Crippen LogP contribution < -0.4 is 10.1 Å². The molecule has 0 radical (unpaired) electrons. The summed E-state index contributed by atoms with van der Waals surface area (Å²) in [4.78, 5) is 29.2. The maximum Gasteiger partial charge on any atom is 0.231 e. The van der Waals surface area contributed by atoms with Crippen molar-refractivity contribution >= 4 is 39.1 Å². The third-order valence-corrected chi connectivity index (χ3v) is 8.27. The van der Waals surface area contributed by atoms with E-state index in [1.54, 1.807) is 24.6 Å². The van der Waals surface area contributed by atoms with Crippen LogP contribution in [0.2, 0.25) is 0 Å². The first-order chi connectivity index (χ1) is 16.2. The van der Waals surface area contributed by atoms with E-state index >= 15 is 0 Å². The number of methoxy groups -OCH3 is 1. The number of hydrogen-bond donors (Lipinski definition) is 1. The predicted octanol–water partition coefficient (Wildman–Crippen LogP) is 4.46. The summed E-state index contributed by atoms with van der Waals surface area (Å²) in [6, 6.07) is 11.5. The summed E-state index contributed by atoms with van der Waals surface area (Å²) < 4.78 is 8.27. The summed E-state index contributed by atoms with van der Waals surface area (Å²) in [6.07, 6.45) is 1.79. The van der Waals surface area contributed by atoms with E-state index in [0.717, 1.165) is 31.2 Å². The van der Waals surface area contributed by atoms with Crippen LogP contribution in [0.4, 0.5) is 0 Å². The number of halogens is 1. The van der Waals surface area contributed by atoms with Gasteiger partial charge in [-0.05, 0) is 66.5 Å². The van der Waals surface area contributed by atoms with Crippen molar-refractivity contribution in [3.05, 3.63) is 68.1 Å². The molecule has 0 saturated carbocycles. The number of ether oxygens (including phenoxy) is 1. The molecule has 3 aromatic rings. The second-order valence-corrected chi connectivity index (χ2v) is 11.5. The largest absolute Gasteiger partial charge is 0.497 e. The fraction of sp³-hybridized carbons (Fsp3) is 0.400. The molecule has 1 aliphatic heterocycles. The zero-order valence-corrected chi connectivity index (χ0v) is 22.2. The summed E-state index contributed by atoms with van der Waals surface area (Å²) in [7, 11) is 1.61. The number of benzene rings is 1. The van der Waals surface area contributed by atoms with Crippen molar-refractivity contribution in [2.75, 3.05) is 13.7 Å². The number of nitrogens with one attached hydrogen (secondary N) is 1. The molecule has 1 aliphatic rings. The fourth-order valence-corrected chi connectivity index (χ4v) is 5.60. The summed E-state index contributed by atoms with van der Waals surface area (Å²) >= 11 is 5.07.